The summed E-state index contributed by atoms with van der Waals surface area (Å²) in [5, 5.41) is 14.3. The standard InChI is InChI=1S/C24H29N2O6P/c1-17-3-7-19(8-4-17)22-15-23(25-26(22)20-9-5-18(16-27)6-10-20)24(31-2)13-11-21(12-14-24)32-33(28,29)30/h3-10,15,21,27H,11-14,16H2,1-2H3,(H2,28,29,30). The van der Waals surface area contributed by atoms with Crippen LogP contribution in [0, 0.1) is 6.92 Å². The molecule has 1 heterocycles. The van der Waals surface area contributed by atoms with E-state index in [-0.39, 0.29) is 6.61 Å². The molecular weight excluding hydrogens is 443 g/mol. The molecule has 9 heteroatoms. The highest BCUT2D eigenvalue weighted by Crippen LogP contribution is 2.46. The Labute approximate surface area is 193 Å². The summed E-state index contributed by atoms with van der Waals surface area (Å²) in [7, 11) is -2.89. The number of nitrogens with zero attached hydrogens (tertiary/aromatic N) is 2. The van der Waals surface area contributed by atoms with Gasteiger partial charge < -0.3 is 19.6 Å². The Kier molecular flexibility index (Phi) is 6.86. The van der Waals surface area contributed by atoms with E-state index >= 15 is 0 Å². The number of hydrogen-bond donors (Lipinski definition) is 3. The van der Waals surface area contributed by atoms with Crippen molar-refractivity contribution in [2.75, 3.05) is 7.11 Å². The van der Waals surface area contributed by atoms with Crippen molar-refractivity contribution in [3.05, 3.63) is 71.4 Å². The molecule has 0 atom stereocenters. The average Bonchev–Trinajstić information content (AvgIpc) is 3.25. The molecule has 0 aliphatic heterocycles. The normalized spacial score (nSPS) is 21.3. The summed E-state index contributed by atoms with van der Waals surface area (Å²) in [6, 6.07) is 17.8. The van der Waals surface area contributed by atoms with E-state index in [1.807, 2.05) is 41.9 Å². The molecule has 0 amide bonds. The van der Waals surface area contributed by atoms with Gasteiger partial charge in [-0.15, -0.1) is 0 Å². The molecule has 0 radical (unpaired) electrons. The maximum Gasteiger partial charge on any atom is 0.469 e. The fourth-order valence-corrected chi connectivity index (χ4v) is 4.99. The fourth-order valence-electron chi connectivity index (χ4n) is 4.40. The van der Waals surface area contributed by atoms with Crippen LogP contribution in [0.25, 0.3) is 16.9 Å². The first-order valence-electron chi connectivity index (χ1n) is 10.9. The van der Waals surface area contributed by atoms with Gasteiger partial charge in [0, 0.05) is 12.7 Å². The maximum atomic E-state index is 11.2. The second kappa shape index (κ2) is 9.50. The Hall–Kier alpha value is -2.32. The molecule has 2 aromatic carbocycles. The molecule has 0 unspecified atom stereocenters. The van der Waals surface area contributed by atoms with Crippen molar-refractivity contribution in [3.63, 3.8) is 0 Å². The topological polar surface area (TPSA) is 114 Å². The molecule has 1 fully saturated rings. The summed E-state index contributed by atoms with van der Waals surface area (Å²) < 4.78 is 24.0. The first-order valence-corrected chi connectivity index (χ1v) is 12.4. The molecule has 176 valence electrons. The van der Waals surface area contributed by atoms with Crippen molar-refractivity contribution in [1.82, 2.24) is 9.78 Å². The summed E-state index contributed by atoms with van der Waals surface area (Å²) in [6.45, 7) is 2.01. The van der Waals surface area contributed by atoms with E-state index < -0.39 is 19.5 Å². The number of phosphoric ester groups is 1. The SMILES string of the molecule is COC1(c2cc(-c3ccc(C)cc3)n(-c3ccc(CO)cc3)n2)CCC(OP(=O)(O)O)CC1. The first-order chi connectivity index (χ1) is 15.7. The zero-order valence-corrected chi connectivity index (χ0v) is 19.6. The number of rotatable bonds is 7. The lowest BCUT2D eigenvalue weighted by molar-refractivity contribution is -0.0709. The zero-order chi connectivity index (χ0) is 23.6. The van der Waals surface area contributed by atoms with Crippen LogP contribution >= 0.6 is 7.82 Å². The van der Waals surface area contributed by atoms with Gasteiger partial charge >= 0.3 is 7.82 Å². The minimum Gasteiger partial charge on any atom is -0.392 e. The van der Waals surface area contributed by atoms with Crippen molar-refractivity contribution in [1.29, 1.82) is 0 Å². The number of aliphatic hydroxyl groups excluding tert-OH is 1. The quantitative estimate of drug-likeness (QED) is 0.441. The predicted molar refractivity (Wildman–Crippen MR) is 124 cm³/mol. The van der Waals surface area contributed by atoms with Crippen molar-refractivity contribution >= 4 is 7.82 Å². The summed E-state index contributed by atoms with van der Waals surface area (Å²) >= 11 is 0. The molecule has 8 nitrogen and oxygen atoms in total. The summed E-state index contributed by atoms with van der Waals surface area (Å²) in [4.78, 5) is 18.3. The number of methoxy groups -OCH3 is 1. The third-order valence-electron chi connectivity index (χ3n) is 6.30. The molecule has 1 aromatic heterocycles. The Morgan fingerprint density at radius 3 is 2.27 bits per heavy atom. The highest BCUT2D eigenvalue weighted by molar-refractivity contribution is 7.46. The third-order valence-corrected chi connectivity index (χ3v) is 6.88. The Morgan fingerprint density at radius 1 is 1.09 bits per heavy atom. The summed E-state index contributed by atoms with van der Waals surface area (Å²) in [6.07, 6.45) is 1.45. The van der Waals surface area contributed by atoms with Crippen LogP contribution in [0.4, 0.5) is 0 Å². The molecule has 1 saturated carbocycles. The van der Waals surface area contributed by atoms with Gasteiger partial charge in [-0.1, -0.05) is 42.0 Å². The van der Waals surface area contributed by atoms with Crippen LogP contribution in [-0.4, -0.2) is 37.9 Å². The van der Waals surface area contributed by atoms with Crippen LogP contribution in [0.3, 0.4) is 0 Å². The smallest absolute Gasteiger partial charge is 0.392 e. The first kappa shape index (κ1) is 23.8. The lowest BCUT2D eigenvalue weighted by atomic mass is 9.80. The molecule has 3 N–H and O–H groups in total. The highest BCUT2D eigenvalue weighted by atomic mass is 31.2. The second-order valence-corrected chi connectivity index (χ2v) is 9.70. The van der Waals surface area contributed by atoms with Crippen LogP contribution in [0.15, 0.2) is 54.6 Å². The molecule has 33 heavy (non-hydrogen) atoms. The average molecular weight is 472 g/mol. The van der Waals surface area contributed by atoms with E-state index in [0.29, 0.717) is 25.7 Å². The van der Waals surface area contributed by atoms with E-state index in [0.717, 1.165) is 33.8 Å². The number of aromatic nitrogens is 2. The Balaban J connectivity index is 1.72. The van der Waals surface area contributed by atoms with Crippen LogP contribution in [-0.2, 0) is 26.0 Å². The molecular formula is C24H29N2O6P. The zero-order valence-electron chi connectivity index (χ0n) is 18.7. The van der Waals surface area contributed by atoms with Crippen LogP contribution in [0.1, 0.15) is 42.5 Å². The number of aliphatic hydroxyl groups is 1. The Bertz CT molecular complexity index is 1130. The van der Waals surface area contributed by atoms with Crippen LogP contribution in [0.5, 0.6) is 0 Å². The number of ether oxygens (including phenoxy) is 1. The van der Waals surface area contributed by atoms with Crippen LogP contribution in [0.2, 0.25) is 0 Å². The molecule has 3 aromatic rings. The molecule has 0 spiro atoms. The minimum atomic E-state index is -4.53. The predicted octanol–water partition coefficient (Wildman–Crippen LogP) is 4.23. The molecule has 0 bridgehead atoms. The van der Waals surface area contributed by atoms with Gasteiger partial charge in [0.05, 0.1) is 29.8 Å². The fraction of sp³-hybridized carbons (Fsp3) is 0.375. The summed E-state index contributed by atoms with van der Waals surface area (Å²) in [5.74, 6) is 0. The van der Waals surface area contributed by atoms with Gasteiger partial charge in [0.1, 0.15) is 5.60 Å². The van der Waals surface area contributed by atoms with Gasteiger partial charge in [-0.2, -0.15) is 5.10 Å². The van der Waals surface area contributed by atoms with E-state index in [2.05, 4.69) is 24.3 Å². The molecule has 4 rings (SSSR count). The lowest BCUT2D eigenvalue weighted by Gasteiger charge is -2.37. The Morgan fingerprint density at radius 2 is 1.73 bits per heavy atom. The van der Waals surface area contributed by atoms with Gasteiger partial charge in [0.15, 0.2) is 0 Å². The second-order valence-electron chi connectivity index (χ2n) is 8.51. The van der Waals surface area contributed by atoms with E-state index in [1.165, 1.54) is 0 Å². The van der Waals surface area contributed by atoms with Crippen LogP contribution < -0.4 is 0 Å². The summed E-state index contributed by atoms with van der Waals surface area (Å²) in [5.41, 5.74) is 4.85. The van der Waals surface area contributed by atoms with Crippen molar-refractivity contribution in [2.24, 2.45) is 0 Å². The molecule has 1 aliphatic carbocycles. The van der Waals surface area contributed by atoms with Gasteiger partial charge in [-0.3, -0.25) is 4.52 Å². The largest absolute Gasteiger partial charge is 0.469 e. The van der Waals surface area contributed by atoms with E-state index in [9.17, 15) is 9.67 Å². The van der Waals surface area contributed by atoms with Crippen molar-refractivity contribution < 1.29 is 28.7 Å². The lowest BCUT2D eigenvalue weighted by Crippen LogP contribution is -2.36. The van der Waals surface area contributed by atoms with Crippen molar-refractivity contribution in [2.45, 2.75) is 50.9 Å². The number of phosphoric acid groups is 1. The monoisotopic (exact) mass is 472 g/mol. The van der Waals surface area contributed by atoms with Gasteiger partial charge in [-0.25, -0.2) is 9.25 Å². The number of aryl methyl sites for hydroxylation is 1. The third kappa shape index (κ3) is 5.27. The van der Waals surface area contributed by atoms with E-state index in [4.69, 9.17) is 24.1 Å². The number of benzene rings is 2. The molecule has 0 saturated heterocycles. The highest BCUT2D eigenvalue weighted by Gasteiger charge is 2.41. The minimum absolute atomic E-state index is 0.0277. The van der Waals surface area contributed by atoms with Gasteiger partial charge in [0.2, 0.25) is 0 Å². The van der Waals surface area contributed by atoms with Crippen molar-refractivity contribution in [3.8, 4) is 16.9 Å². The van der Waals surface area contributed by atoms with Gasteiger partial charge in [-0.05, 0) is 56.4 Å². The maximum absolute atomic E-state index is 11.2. The number of hydrogen-bond acceptors (Lipinski definition) is 5. The van der Waals surface area contributed by atoms with Gasteiger partial charge in [0.25, 0.3) is 0 Å². The van der Waals surface area contributed by atoms with E-state index in [1.54, 1.807) is 7.11 Å². The molecule has 1 aliphatic rings.